The molecular formula is C17H35O. The van der Waals surface area contributed by atoms with Crippen molar-refractivity contribution in [2.75, 3.05) is 0 Å². The number of hydrogen-bond donors (Lipinski definition) is 0. The van der Waals surface area contributed by atoms with Gasteiger partial charge in [0.05, 0.1) is 6.10 Å². The Labute approximate surface area is 115 Å². The molecule has 1 heteroatoms. The van der Waals surface area contributed by atoms with Crippen LogP contribution in [0.2, 0.25) is 0 Å². The molecule has 18 heavy (non-hydrogen) atoms. The lowest BCUT2D eigenvalue weighted by molar-refractivity contribution is 0.0690. The van der Waals surface area contributed by atoms with Gasteiger partial charge in [0, 0.05) is 0 Å². The first-order valence-corrected chi connectivity index (χ1v) is 8.47. The lowest BCUT2D eigenvalue weighted by atomic mass is 10.0. The van der Waals surface area contributed by atoms with E-state index in [9.17, 15) is 5.11 Å². The molecule has 0 aromatic rings. The Bertz CT molecular complexity index is 145. The highest BCUT2D eigenvalue weighted by Crippen LogP contribution is 2.14. The van der Waals surface area contributed by atoms with Gasteiger partial charge in [0.1, 0.15) is 0 Å². The molecule has 0 saturated heterocycles. The summed E-state index contributed by atoms with van der Waals surface area (Å²) >= 11 is 0. The third-order valence-corrected chi connectivity index (χ3v) is 3.76. The molecule has 0 aliphatic carbocycles. The van der Waals surface area contributed by atoms with E-state index in [1.807, 2.05) is 0 Å². The zero-order chi connectivity index (χ0) is 13.5. The molecule has 0 aliphatic rings. The molecule has 1 unspecified atom stereocenters. The van der Waals surface area contributed by atoms with Crippen LogP contribution in [0.4, 0.5) is 0 Å². The maximum atomic E-state index is 11.6. The largest absolute Gasteiger partial charge is 0.233 e. The number of unbranched alkanes of at least 4 members (excludes halogenated alkanes) is 10. The Morgan fingerprint density at radius 1 is 0.556 bits per heavy atom. The summed E-state index contributed by atoms with van der Waals surface area (Å²) in [4.78, 5) is 0. The van der Waals surface area contributed by atoms with Crippen LogP contribution in [0.15, 0.2) is 0 Å². The highest BCUT2D eigenvalue weighted by atomic mass is 16.3. The molecule has 0 bridgehead atoms. The van der Waals surface area contributed by atoms with Crippen LogP contribution in [0.5, 0.6) is 0 Å². The van der Waals surface area contributed by atoms with Crippen LogP contribution in [0.1, 0.15) is 104 Å². The van der Waals surface area contributed by atoms with E-state index in [4.69, 9.17) is 0 Å². The first-order chi connectivity index (χ1) is 8.81. The smallest absolute Gasteiger partial charge is 0.0930 e. The highest BCUT2D eigenvalue weighted by Gasteiger charge is 2.04. The highest BCUT2D eigenvalue weighted by molar-refractivity contribution is 4.56. The molecule has 0 aromatic carbocycles. The lowest BCUT2D eigenvalue weighted by Crippen LogP contribution is -2.03. The summed E-state index contributed by atoms with van der Waals surface area (Å²) in [5.74, 6) is 0. The molecule has 0 spiro atoms. The molecule has 109 valence electrons. The molecule has 0 fully saturated rings. The summed E-state index contributed by atoms with van der Waals surface area (Å²) in [6.07, 6.45) is 17.3. The Kier molecular flexibility index (Phi) is 15.0. The van der Waals surface area contributed by atoms with Gasteiger partial charge in [-0.05, 0) is 12.8 Å². The lowest BCUT2D eigenvalue weighted by Gasteiger charge is -2.07. The van der Waals surface area contributed by atoms with E-state index in [2.05, 4.69) is 13.8 Å². The molecule has 1 atom stereocenters. The standard InChI is InChI=1S/C17H35O/c1-3-5-7-8-9-10-11-12-14-16-17(18)15-13-6-4-2/h17H,3-16H2,1-2H3. The average molecular weight is 255 g/mol. The second-order valence-corrected chi connectivity index (χ2v) is 5.73. The van der Waals surface area contributed by atoms with E-state index in [-0.39, 0.29) is 6.10 Å². The number of hydrogen-bond acceptors (Lipinski definition) is 0. The Morgan fingerprint density at radius 2 is 0.889 bits per heavy atom. The quantitative estimate of drug-likeness (QED) is 0.325. The molecule has 1 nitrogen and oxygen atoms in total. The van der Waals surface area contributed by atoms with Gasteiger partial charge in [-0.15, -0.1) is 0 Å². The van der Waals surface area contributed by atoms with Gasteiger partial charge in [0.15, 0.2) is 0 Å². The van der Waals surface area contributed by atoms with Crippen LogP contribution < -0.4 is 0 Å². The minimum atomic E-state index is -0.277. The van der Waals surface area contributed by atoms with Crippen molar-refractivity contribution in [1.82, 2.24) is 0 Å². The molecule has 1 radical (unpaired) electrons. The maximum absolute atomic E-state index is 11.6. The summed E-state index contributed by atoms with van der Waals surface area (Å²) in [6.45, 7) is 4.46. The van der Waals surface area contributed by atoms with Crippen molar-refractivity contribution in [2.24, 2.45) is 0 Å². The molecule has 0 heterocycles. The van der Waals surface area contributed by atoms with E-state index in [1.165, 1.54) is 64.2 Å². The molecule has 0 amide bonds. The SMILES string of the molecule is CCCCCCCCCCCC([O])CCCCC. The first kappa shape index (κ1) is 18.0. The molecular weight excluding hydrogens is 220 g/mol. The van der Waals surface area contributed by atoms with Gasteiger partial charge in [0.2, 0.25) is 0 Å². The van der Waals surface area contributed by atoms with Crippen molar-refractivity contribution < 1.29 is 5.11 Å². The van der Waals surface area contributed by atoms with Gasteiger partial charge in [0.25, 0.3) is 0 Å². The van der Waals surface area contributed by atoms with Crippen LogP contribution in [0.25, 0.3) is 0 Å². The van der Waals surface area contributed by atoms with E-state index < -0.39 is 0 Å². The van der Waals surface area contributed by atoms with Gasteiger partial charge in [-0.2, -0.15) is 0 Å². The molecule has 0 aromatic heterocycles. The minimum Gasteiger partial charge on any atom is -0.233 e. The monoisotopic (exact) mass is 255 g/mol. The van der Waals surface area contributed by atoms with E-state index in [0.29, 0.717) is 0 Å². The predicted molar refractivity (Wildman–Crippen MR) is 80.5 cm³/mol. The molecule has 0 rings (SSSR count). The topological polar surface area (TPSA) is 19.9 Å². The summed E-state index contributed by atoms with van der Waals surface area (Å²) in [5.41, 5.74) is 0. The van der Waals surface area contributed by atoms with Crippen LogP contribution in [-0.4, -0.2) is 6.10 Å². The van der Waals surface area contributed by atoms with Crippen molar-refractivity contribution in [3.05, 3.63) is 0 Å². The Morgan fingerprint density at radius 3 is 1.39 bits per heavy atom. The van der Waals surface area contributed by atoms with E-state index >= 15 is 0 Å². The Balaban J connectivity index is 3.05. The fourth-order valence-electron chi connectivity index (χ4n) is 2.45. The van der Waals surface area contributed by atoms with Crippen LogP contribution in [-0.2, 0) is 5.11 Å². The Hall–Kier alpha value is -0.0400. The molecule has 0 saturated carbocycles. The van der Waals surface area contributed by atoms with Crippen LogP contribution in [0.3, 0.4) is 0 Å². The summed E-state index contributed by atoms with van der Waals surface area (Å²) < 4.78 is 0. The van der Waals surface area contributed by atoms with Gasteiger partial charge in [-0.1, -0.05) is 90.9 Å². The third kappa shape index (κ3) is 14.0. The van der Waals surface area contributed by atoms with Crippen LogP contribution in [0, 0.1) is 0 Å². The average Bonchev–Trinajstić information content (AvgIpc) is 2.37. The van der Waals surface area contributed by atoms with Crippen molar-refractivity contribution in [3.8, 4) is 0 Å². The molecule has 0 N–H and O–H groups in total. The van der Waals surface area contributed by atoms with Crippen molar-refractivity contribution in [2.45, 2.75) is 110 Å². The normalized spacial score (nSPS) is 12.8. The second kappa shape index (κ2) is 15.0. The maximum Gasteiger partial charge on any atom is 0.0930 e. The summed E-state index contributed by atoms with van der Waals surface area (Å²) in [6, 6.07) is 0. The fraction of sp³-hybridized carbons (Fsp3) is 1.00. The van der Waals surface area contributed by atoms with Gasteiger partial charge in [-0.3, -0.25) is 0 Å². The van der Waals surface area contributed by atoms with Gasteiger partial charge >= 0.3 is 0 Å². The summed E-state index contributed by atoms with van der Waals surface area (Å²) in [7, 11) is 0. The predicted octanol–water partition coefficient (Wildman–Crippen LogP) is 6.29. The first-order valence-electron chi connectivity index (χ1n) is 8.47. The van der Waals surface area contributed by atoms with Crippen molar-refractivity contribution in [3.63, 3.8) is 0 Å². The number of rotatable bonds is 14. The van der Waals surface area contributed by atoms with E-state index in [0.717, 1.165) is 25.7 Å². The van der Waals surface area contributed by atoms with Crippen molar-refractivity contribution in [1.29, 1.82) is 0 Å². The zero-order valence-electron chi connectivity index (χ0n) is 12.9. The third-order valence-electron chi connectivity index (χ3n) is 3.76. The van der Waals surface area contributed by atoms with Gasteiger partial charge in [-0.25, -0.2) is 5.11 Å². The van der Waals surface area contributed by atoms with Crippen molar-refractivity contribution >= 4 is 0 Å². The fourth-order valence-corrected chi connectivity index (χ4v) is 2.45. The minimum absolute atomic E-state index is 0.277. The molecule has 0 aliphatic heterocycles. The second-order valence-electron chi connectivity index (χ2n) is 5.73. The van der Waals surface area contributed by atoms with Gasteiger partial charge < -0.3 is 0 Å². The van der Waals surface area contributed by atoms with E-state index in [1.54, 1.807) is 0 Å². The zero-order valence-corrected chi connectivity index (χ0v) is 12.9. The summed E-state index contributed by atoms with van der Waals surface area (Å²) in [5, 5.41) is 11.6. The van der Waals surface area contributed by atoms with Crippen LogP contribution >= 0.6 is 0 Å².